The van der Waals surface area contributed by atoms with Crippen molar-refractivity contribution in [3.05, 3.63) is 12.3 Å². The van der Waals surface area contributed by atoms with Gasteiger partial charge in [-0.05, 0) is 37.9 Å². The van der Waals surface area contributed by atoms with Crippen LogP contribution in [0.4, 0.5) is 0 Å². The van der Waals surface area contributed by atoms with E-state index >= 15 is 0 Å². The van der Waals surface area contributed by atoms with Gasteiger partial charge >= 0.3 is 0 Å². The molecule has 0 N–H and O–H groups in total. The van der Waals surface area contributed by atoms with Crippen LogP contribution in [0.3, 0.4) is 0 Å². The summed E-state index contributed by atoms with van der Waals surface area (Å²) in [5.74, 6) is 0. The molecule has 0 bridgehead atoms. The van der Waals surface area contributed by atoms with Crippen LogP contribution < -0.4 is 0 Å². The van der Waals surface area contributed by atoms with Gasteiger partial charge in [-0.3, -0.25) is 0 Å². The van der Waals surface area contributed by atoms with Gasteiger partial charge in [-0.15, -0.1) is 0 Å². The first-order valence-electron chi connectivity index (χ1n) is 1.68. The third-order valence-corrected chi connectivity index (χ3v) is 1.38. The first-order chi connectivity index (χ1) is 3.21. The van der Waals surface area contributed by atoms with Crippen LogP contribution in [-0.4, -0.2) is 3.36 Å². The van der Waals surface area contributed by atoms with E-state index in [9.17, 15) is 0 Å². The molecule has 1 aliphatic heterocycles. The third-order valence-electron chi connectivity index (χ3n) is 0.533. The number of nitrogens with zero attached hydrogens (tertiary/aromatic N) is 2. The lowest BCUT2D eigenvalue weighted by Gasteiger charge is -1.98. The van der Waals surface area contributed by atoms with E-state index in [1.165, 1.54) is 0 Å². The van der Waals surface area contributed by atoms with Crippen LogP contribution in [0.2, 0.25) is 0 Å². The Morgan fingerprint density at radius 3 is 2.29 bits per heavy atom. The summed E-state index contributed by atoms with van der Waals surface area (Å²) in [6.45, 7) is 0. The second-order valence-electron chi connectivity index (χ2n) is 1.12. The SMILES string of the molecule is BrC1(Br)C=CN=N1. The van der Waals surface area contributed by atoms with E-state index in [-0.39, 0.29) is 0 Å². The average Bonchev–Trinajstić information content (AvgIpc) is 1.84. The minimum atomic E-state index is -0.403. The molecule has 0 unspecified atom stereocenters. The number of hydrogen-bond acceptors (Lipinski definition) is 2. The Bertz CT molecular complexity index is 113. The molecular formula is C3H2Br2N2. The van der Waals surface area contributed by atoms with E-state index in [2.05, 4.69) is 42.1 Å². The fraction of sp³-hybridized carbons (Fsp3) is 0.333. The van der Waals surface area contributed by atoms with E-state index in [1.807, 2.05) is 0 Å². The molecule has 4 heteroatoms. The molecule has 0 atom stereocenters. The lowest BCUT2D eigenvalue weighted by atomic mass is 10.6. The smallest absolute Gasteiger partial charge is 0.162 e. The van der Waals surface area contributed by atoms with Crippen LogP contribution in [0.15, 0.2) is 22.5 Å². The fourth-order valence-corrected chi connectivity index (χ4v) is 0.686. The van der Waals surface area contributed by atoms with E-state index in [4.69, 9.17) is 0 Å². The summed E-state index contributed by atoms with van der Waals surface area (Å²) in [6.07, 6.45) is 3.43. The molecule has 1 rings (SSSR count). The molecule has 7 heavy (non-hydrogen) atoms. The zero-order chi connectivity index (χ0) is 5.33. The number of hydrogen-bond donors (Lipinski definition) is 0. The minimum absolute atomic E-state index is 0.403. The van der Waals surface area contributed by atoms with Crippen molar-refractivity contribution in [1.82, 2.24) is 0 Å². The Morgan fingerprint density at radius 2 is 2.14 bits per heavy atom. The maximum Gasteiger partial charge on any atom is 0.210 e. The van der Waals surface area contributed by atoms with E-state index < -0.39 is 3.36 Å². The predicted octanol–water partition coefficient (Wildman–Crippen LogP) is 2.41. The molecule has 0 aliphatic carbocycles. The Kier molecular flexibility index (Phi) is 1.30. The maximum atomic E-state index is 3.72. The lowest BCUT2D eigenvalue weighted by molar-refractivity contribution is 1.05. The summed E-state index contributed by atoms with van der Waals surface area (Å²) in [7, 11) is 0. The molecule has 38 valence electrons. The number of azo groups is 1. The Morgan fingerprint density at radius 1 is 1.43 bits per heavy atom. The van der Waals surface area contributed by atoms with Crippen molar-refractivity contribution < 1.29 is 0 Å². The summed E-state index contributed by atoms with van der Waals surface area (Å²) in [4.78, 5) is 0. The van der Waals surface area contributed by atoms with Gasteiger partial charge in [0.15, 0.2) is 0 Å². The zero-order valence-corrected chi connectivity index (χ0v) is 6.48. The van der Waals surface area contributed by atoms with Crippen molar-refractivity contribution in [3.8, 4) is 0 Å². The van der Waals surface area contributed by atoms with Crippen molar-refractivity contribution in [3.63, 3.8) is 0 Å². The molecule has 1 aliphatic rings. The average molecular weight is 226 g/mol. The predicted molar refractivity (Wildman–Crippen MR) is 34.6 cm³/mol. The van der Waals surface area contributed by atoms with Crippen LogP contribution >= 0.6 is 31.9 Å². The summed E-state index contributed by atoms with van der Waals surface area (Å²) in [5, 5.41) is 7.30. The molecule has 2 nitrogen and oxygen atoms in total. The molecule has 0 aromatic heterocycles. The monoisotopic (exact) mass is 224 g/mol. The Balaban J connectivity index is 2.77. The van der Waals surface area contributed by atoms with Crippen LogP contribution in [-0.2, 0) is 0 Å². The van der Waals surface area contributed by atoms with Gasteiger partial charge in [0.25, 0.3) is 0 Å². The van der Waals surface area contributed by atoms with Gasteiger partial charge in [-0.25, -0.2) is 0 Å². The summed E-state index contributed by atoms with van der Waals surface area (Å²) >= 11 is 6.42. The van der Waals surface area contributed by atoms with Crippen LogP contribution in [0.1, 0.15) is 0 Å². The summed E-state index contributed by atoms with van der Waals surface area (Å²) in [6, 6.07) is 0. The third kappa shape index (κ3) is 1.35. The van der Waals surface area contributed by atoms with Crippen molar-refractivity contribution in [2.45, 2.75) is 3.36 Å². The quantitative estimate of drug-likeness (QED) is 0.447. The summed E-state index contributed by atoms with van der Waals surface area (Å²) in [5.41, 5.74) is 0. The van der Waals surface area contributed by atoms with Crippen LogP contribution in [0.5, 0.6) is 0 Å². The highest BCUT2D eigenvalue weighted by Crippen LogP contribution is 2.32. The Hall–Kier alpha value is 0.300. The van der Waals surface area contributed by atoms with Gasteiger partial charge < -0.3 is 0 Å². The Labute approximate surface area is 58.0 Å². The second-order valence-corrected chi connectivity index (χ2v) is 4.60. The van der Waals surface area contributed by atoms with E-state index in [1.54, 1.807) is 12.3 Å². The van der Waals surface area contributed by atoms with Crippen molar-refractivity contribution in [2.75, 3.05) is 0 Å². The molecule has 0 saturated carbocycles. The highest BCUT2D eigenvalue weighted by atomic mass is 79.9. The molecule has 0 aromatic rings. The first-order valence-corrected chi connectivity index (χ1v) is 3.27. The topological polar surface area (TPSA) is 24.7 Å². The molecule has 0 aromatic carbocycles. The number of rotatable bonds is 0. The molecule has 0 fully saturated rings. The standard InChI is InChI=1S/C3H2Br2N2/c4-3(5)1-2-6-7-3/h1-2H. The highest BCUT2D eigenvalue weighted by Gasteiger charge is 2.19. The number of alkyl halides is 2. The van der Waals surface area contributed by atoms with Gasteiger partial charge in [0.2, 0.25) is 3.36 Å². The van der Waals surface area contributed by atoms with E-state index in [0.717, 1.165) is 0 Å². The number of halogens is 2. The van der Waals surface area contributed by atoms with Crippen LogP contribution in [0.25, 0.3) is 0 Å². The molecule has 0 radical (unpaired) electrons. The van der Waals surface area contributed by atoms with Gasteiger partial charge in [0, 0.05) is 6.20 Å². The van der Waals surface area contributed by atoms with Gasteiger partial charge in [-0.1, -0.05) is 0 Å². The van der Waals surface area contributed by atoms with Gasteiger partial charge in [0.05, 0.1) is 0 Å². The molecule has 0 saturated heterocycles. The molecule has 0 amide bonds. The molecule has 1 heterocycles. The highest BCUT2D eigenvalue weighted by molar-refractivity contribution is 9.25. The summed E-state index contributed by atoms with van der Waals surface area (Å²) < 4.78 is -0.403. The maximum absolute atomic E-state index is 3.72. The second kappa shape index (κ2) is 1.67. The van der Waals surface area contributed by atoms with E-state index in [0.29, 0.717) is 0 Å². The van der Waals surface area contributed by atoms with Gasteiger partial charge in [0.1, 0.15) is 0 Å². The fourth-order valence-electron chi connectivity index (χ4n) is 0.267. The van der Waals surface area contributed by atoms with Crippen LogP contribution in [0, 0.1) is 0 Å². The van der Waals surface area contributed by atoms with Crippen molar-refractivity contribution in [1.29, 1.82) is 0 Å². The van der Waals surface area contributed by atoms with Crippen molar-refractivity contribution >= 4 is 31.9 Å². The van der Waals surface area contributed by atoms with Gasteiger partial charge in [-0.2, -0.15) is 10.2 Å². The lowest BCUT2D eigenvalue weighted by Crippen LogP contribution is -1.94. The zero-order valence-electron chi connectivity index (χ0n) is 3.31. The minimum Gasteiger partial charge on any atom is -0.162 e. The largest absolute Gasteiger partial charge is 0.210 e. The van der Waals surface area contributed by atoms with Crippen molar-refractivity contribution in [2.24, 2.45) is 10.2 Å². The normalized spacial score (nSPS) is 23.7. The first kappa shape index (κ1) is 5.44. The molecule has 0 spiro atoms. The molecular weight excluding hydrogens is 224 g/mol.